The van der Waals surface area contributed by atoms with Crippen LogP contribution in [0.4, 0.5) is 4.39 Å². The highest BCUT2D eigenvalue weighted by Gasteiger charge is 2.45. The van der Waals surface area contributed by atoms with Gasteiger partial charge in [0.15, 0.2) is 0 Å². The number of piperidine rings is 1. The molecule has 2 aliphatic heterocycles. The maximum absolute atomic E-state index is 13.9. The van der Waals surface area contributed by atoms with Gasteiger partial charge < -0.3 is 9.64 Å². The molecule has 3 aromatic rings. The van der Waals surface area contributed by atoms with Crippen LogP contribution in [0.2, 0.25) is 0 Å². The molecule has 2 aromatic carbocycles. The van der Waals surface area contributed by atoms with Crippen LogP contribution in [0.3, 0.4) is 0 Å². The summed E-state index contributed by atoms with van der Waals surface area (Å²) in [7, 11) is 0. The Morgan fingerprint density at radius 3 is 2.66 bits per heavy atom. The number of pyridine rings is 1. The van der Waals surface area contributed by atoms with E-state index in [0.29, 0.717) is 12.5 Å². The SMILES string of the molecule is Cc1ccc(-c2ccccc2)c(C(=O)N2C3CC[C@H]2CC[C@@H]3COc2ccc(F)cn2)c1. The van der Waals surface area contributed by atoms with Gasteiger partial charge in [0, 0.05) is 29.6 Å². The van der Waals surface area contributed by atoms with Crippen molar-refractivity contribution >= 4 is 5.91 Å². The van der Waals surface area contributed by atoms with Gasteiger partial charge in [-0.3, -0.25) is 4.79 Å². The first-order valence-electron chi connectivity index (χ1n) is 11.3. The first-order chi connectivity index (χ1) is 15.6. The summed E-state index contributed by atoms with van der Waals surface area (Å²) in [5.41, 5.74) is 3.89. The molecule has 2 aliphatic rings. The Labute approximate surface area is 188 Å². The van der Waals surface area contributed by atoms with E-state index in [1.54, 1.807) is 6.07 Å². The number of ether oxygens (including phenoxy) is 1. The molecular weight excluding hydrogens is 403 g/mol. The lowest BCUT2D eigenvalue weighted by molar-refractivity contribution is 0.0403. The quantitative estimate of drug-likeness (QED) is 0.525. The van der Waals surface area contributed by atoms with Crippen LogP contribution in [-0.2, 0) is 0 Å². The van der Waals surface area contributed by atoms with Gasteiger partial charge in [-0.25, -0.2) is 9.37 Å². The van der Waals surface area contributed by atoms with E-state index in [0.717, 1.165) is 47.9 Å². The monoisotopic (exact) mass is 430 g/mol. The average Bonchev–Trinajstić information content (AvgIpc) is 3.13. The van der Waals surface area contributed by atoms with Gasteiger partial charge >= 0.3 is 0 Å². The lowest BCUT2D eigenvalue weighted by Crippen LogP contribution is -2.49. The van der Waals surface area contributed by atoms with Crippen LogP contribution in [0, 0.1) is 18.7 Å². The lowest BCUT2D eigenvalue weighted by atomic mass is 9.89. The number of fused-ring (bicyclic) bond motifs is 2. The number of hydrogen-bond donors (Lipinski definition) is 0. The molecule has 2 saturated heterocycles. The zero-order valence-corrected chi connectivity index (χ0v) is 18.2. The summed E-state index contributed by atoms with van der Waals surface area (Å²) >= 11 is 0. The molecule has 5 rings (SSSR count). The molecule has 2 bridgehead atoms. The van der Waals surface area contributed by atoms with Crippen molar-refractivity contribution in [2.75, 3.05) is 6.61 Å². The summed E-state index contributed by atoms with van der Waals surface area (Å²) in [6.07, 6.45) is 5.21. The van der Waals surface area contributed by atoms with E-state index in [9.17, 15) is 9.18 Å². The molecule has 4 nitrogen and oxygen atoms in total. The van der Waals surface area contributed by atoms with Crippen LogP contribution < -0.4 is 4.74 Å². The maximum atomic E-state index is 13.9. The summed E-state index contributed by atoms with van der Waals surface area (Å²) < 4.78 is 19.0. The van der Waals surface area contributed by atoms with Crippen molar-refractivity contribution in [2.45, 2.75) is 44.7 Å². The Morgan fingerprint density at radius 2 is 1.88 bits per heavy atom. The van der Waals surface area contributed by atoms with E-state index in [4.69, 9.17) is 4.74 Å². The van der Waals surface area contributed by atoms with Gasteiger partial charge in [0.1, 0.15) is 5.82 Å². The van der Waals surface area contributed by atoms with E-state index in [-0.39, 0.29) is 29.7 Å². The average molecular weight is 431 g/mol. The topological polar surface area (TPSA) is 42.4 Å². The van der Waals surface area contributed by atoms with Gasteiger partial charge in [0.05, 0.1) is 12.8 Å². The fourth-order valence-electron chi connectivity index (χ4n) is 5.25. The summed E-state index contributed by atoms with van der Waals surface area (Å²) in [6, 6.07) is 19.6. The number of benzene rings is 2. The smallest absolute Gasteiger partial charge is 0.255 e. The molecule has 1 amide bonds. The molecule has 0 spiro atoms. The molecule has 164 valence electrons. The highest BCUT2D eigenvalue weighted by molar-refractivity contribution is 6.01. The number of nitrogens with zero attached hydrogens (tertiary/aromatic N) is 2. The van der Waals surface area contributed by atoms with E-state index < -0.39 is 0 Å². The van der Waals surface area contributed by atoms with Crippen LogP contribution >= 0.6 is 0 Å². The Hall–Kier alpha value is -3.21. The third-order valence-corrected chi connectivity index (χ3v) is 6.83. The van der Waals surface area contributed by atoms with Gasteiger partial charge in [0.2, 0.25) is 5.88 Å². The molecule has 32 heavy (non-hydrogen) atoms. The number of carbonyl (C=O) groups excluding carboxylic acids is 1. The van der Waals surface area contributed by atoms with E-state index in [2.05, 4.69) is 34.1 Å². The lowest BCUT2D eigenvalue weighted by Gasteiger charge is -2.40. The molecule has 5 heteroatoms. The zero-order chi connectivity index (χ0) is 22.1. The normalized spacial score (nSPS) is 22.1. The summed E-state index contributed by atoms with van der Waals surface area (Å²) in [5.74, 6) is 0.409. The summed E-state index contributed by atoms with van der Waals surface area (Å²) in [6.45, 7) is 2.52. The molecular formula is C27H27FN2O2. The molecule has 2 fully saturated rings. The van der Waals surface area contributed by atoms with Gasteiger partial charge in [0.25, 0.3) is 5.91 Å². The largest absolute Gasteiger partial charge is 0.477 e. The zero-order valence-electron chi connectivity index (χ0n) is 18.2. The third kappa shape index (κ3) is 3.99. The third-order valence-electron chi connectivity index (χ3n) is 6.83. The Morgan fingerprint density at radius 1 is 1.06 bits per heavy atom. The minimum Gasteiger partial charge on any atom is -0.477 e. The van der Waals surface area contributed by atoms with E-state index >= 15 is 0 Å². The van der Waals surface area contributed by atoms with Crippen LogP contribution in [-0.4, -0.2) is 34.5 Å². The molecule has 0 N–H and O–H groups in total. The van der Waals surface area contributed by atoms with Gasteiger partial charge in [-0.1, -0.05) is 48.0 Å². The number of halogens is 1. The fourth-order valence-corrected chi connectivity index (χ4v) is 5.25. The number of aryl methyl sites for hydroxylation is 1. The van der Waals surface area contributed by atoms with E-state index in [1.807, 2.05) is 31.2 Å². The van der Waals surface area contributed by atoms with Crippen LogP contribution in [0.1, 0.15) is 41.6 Å². The first-order valence-corrected chi connectivity index (χ1v) is 11.3. The molecule has 3 atom stereocenters. The van der Waals surface area contributed by atoms with Crippen molar-refractivity contribution in [2.24, 2.45) is 5.92 Å². The predicted molar refractivity (Wildman–Crippen MR) is 122 cm³/mol. The molecule has 0 saturated carbocycles. The second-order valence-corrected chi connectivity index (χ2v) is 8.89. The van der Waals surface area contributed by atoms with Crippen molar-refractivity contribution in [1.29, 1.82) is 0 Å². The van der Waals surface area contributed by atoms with Crippen molar-refractivity contribution in [1.82, 2.24) is 9.88 Å². The van der Waals surface area contributed by atoms with Crippen molar-refractivity contribution in [3.63, 3.8) is 0 Å². The summed E-state index contributed by atoms with van der Waals surface area (Å²) in [5, 5.41) is 0. The second-order valence-electron chi connectivity index (χ2n) is 8.89. The number of carbonyl (C=O) groups is 1. The maximum Gasteiger partial charge on any atom is 0.255 e. The fraction of sp³-hybridized carbons (Fsp3) is 0.333. The molecule has 0 aliphatic carbocycles. The Balaban J connectivity index is 1.39. The summed E-state index contributed by atoms with van der Waals surface area (Å²) in [4.78, 5) is 20.0. The molecule has 1 aromatic heterocycles. The molecule has 3 heterocycles. The van der Waals surface area contributed by atoms with Gasteiger partial charge in [-0.05, 0) is 55.9 Å². The Kier molecular flexibility index (Phi) is 5.64. The van der Waals surface area contributed by atoms with Crippen molar-refractivity contribution in [3.8, 4) is 17.0 Å². The van der Waals surface area contributed by atoms with Gasteiger partial charge in [-0.2, -0.15) is 0 Å². The van der Waals surface area contributed by atoms with E-state index in [1.165, 1.54) is 12.3 Å². The minimum absolute atomic E-state index is 0.115. The van der Waals surface area contributed by atoms with Crippen LogP contribution in [0.25, 0.3) is 11.1 Å². The molecule has 0 radical (unpaired) electrons. The molecule has 1 unspecified atom stereocenters. The van der Waals surface area contributed by atoms with Crippen molar-refractivity contribution in [3.05, 3.63) is 83.8 Å². The predicted octanol–water partition coefficient (Wildman–Crippen LogP) is 5.66. The Bertz CT molecular complexity index is 1100. The number of rotatable bonds is 5. The minimum atomic E-state index is -0.377. The van der Waals surface area contributed by atoms with Crippen LogP contribution in [0.15, 0.2) is 66.9 Å². The highest BCUT2D eigenvalue weighted by Crippen LogP contribution is 2.41. The second kappa shape index (κ2) is 8.73. The number of hydrogen-bond acceptors (Lipinski definition) is 3. The van der Waals surface area contributed by atoms with Crippen LogP contribution in [0.5, 0.6) is 5.88 Å². The number of aromatic nitrogens is 1. The number of amides is 1. The van der Waals surface area contributed by atoms with Gasteiger partial charge in [-0.15, -0.1) is 0 Å². The highest BCUT2D eigenvalue weighted by atomic mass is 19.1. The van der Waals surface area contributed by atoms with Crippen molar-refractivity contribution < 1.29 is 13.9 Å². The first kappa shape index (κ1) is 20.7. The standard InChI is InChI=1S/C27H27FN2O2/c1-18-7-12-23(19-5-3-2-4-6-19)24(15-18)27(31)30-22-10-8-20(25(30)13-11-22)17-32-26-14-9-21(28)16-29-26/h2-7,9,12,14-16,20,22,25H,8,10-11,13,17H2,1H3/t20-,22-,25?/m1/s1.